The molecular formula is C14H15NO3S. The van der Waals surface area contributed by atoms with E-state index in [1.807, 2.05) is 29.6 Å². The second-order valence-corrected chi connectivity index (χ2v) is 5.47. The van der Waals surface area contributed by atoms with E-state index < -0.39 is 0 Å². The van der Waals surface area contributed by atoms with E-state index in [4.69, 9.17) is 9.15 Å². The van der Waals surface area contributed by atoms with Gasteiger partial charge in [0.1, 0.15) is 11.5 Å². The Kier molecular flexibility index (Phi) is 3.66. The van der Waals surface area contributed by atoms with Crippen LogP contribution in [0.4, 0.5) is 0 Å². The molecule has 0 bridgehead atoms. The van der Waals surface area contributed by atoms with E-state index in [2.05, 4.69) is 5.32 Å². The Morgan fingerprint density at radius 2 is 2.37 bits per heavy atom. The molecule has 1 unspecified atom stereocenters. The van der Waals surface area contributed by atoms with Crippen LogP contribution in [0.1, 0.15) is 12.2 Å². The van der Waals surface area contributed by atoms with Crippen molar-refractivity contribution in [2.45, 2.75) is 13.0 Å². The summed E-state index contributed by atoms with van der Waals surface area (Å²) >= 11 is 1.64. The van der Waals surface area contributed by atoms with Gasteiger partial charge in [-0.15, -0.1) is 11.3 Å². The van der Waals surface area contributed by atoms with Crippen molar-refractivity contribution in [1.29, 1.82) is 0 Å². The predicted molar refractivity (Wildman–Crippen MR) is 72.8 cm³/mol. The lowest BCUT2D eigenvalue weighted by Gasteiger charge is -2.07. The molecule has 3 rings (SSSR count). The molecule has 3 heterocycles. The molecule has 2 aromatic heterocycles. The van der Waals surface area contributed by atoms with Gasteiger partial charge < -0.3 is 14.5 Å². The van der Waals surface area contributed by atoms with E-state index in [1.54, 1.807) is 11.3 Å². The lowest BCUT2D eigenvalue weighted by Crippen LogP contribution is -2.30. The Hall–Kier alpha value is -1.59. The largest absolute Gasteiger partial charge is 0.458 e. The number of hydrogen-bond donors (Lipinski definition) is 1. The van der Waals surface area contributed by atoms with Crippen LogP contribution in [0.15, 0.2) is 34.1 Å². The van der Waals surface area contributed by atoms with Gasteiger partial charge in [-0.05, 0) is 30.0 Å². The number of furan rings is 1. The molecule has 1 saturated heterocycles. The molecule has 2 aromatic rings. The summed E-state index contributed by atoms with van der Waals surface area (Å²) in [4.78, 5) is 12.9. The minimum absolute atomic E-state index is 0.00766. The Morgan fingerprint density at radius 3 is 3.11 bits per heavy atom. The zero-order chi connectivity index (χ0) is 13.1. The molecular weight excluding hydrogens is 262 g/mol. The maximum atomic E-state index is 11.8. The summed E-state index contributed by atoms with van der Waals surface area (Å²) in [6, 6.07) is 7.85. The number of ether oxygens (including phenoxy) is 1. The molecule has 0 spiro atoms. The standard InChI is InChI=1S/C14H15NO3S/c16-14(10-5-6-17-9-10)15-8-11-3-4-12(18-11)13-2-1-7-19-13/h1-4,7,10H,5-6,8-9H2,(H,15,16). The van der Waals surface area contributed by atoms with Crippen LogP contribution in [-0.2, 0) is 16.1 Å². The van der Waals surface area contributed by atoms with E-state index in [-0.39, 0.29) is 11.8 Å². The van der Waals surface area contributed by atoms with E-state index >= 15 is 0 Å². The van der Waals surface area contributed by atoms with Crippen LogP contribution in [0.25, 0.3) is 10.6 Å². The fourth-order valence-electron chi connectivity index (χ4n) is 2.08. The van der Waals surface area contributed by atoms with Crippen LogP contribution in [-0.4, -0.2) is 19.1 Å². The molecule has 1 amide bonds. The Morgan fingerprint density at radius 1 is 1.42 bits per heavy atom. The molecule has 0 radical (unpaired) electrons. The summed E-state index contributed by atoms with van der Waals surface area (Å²) in [7, 11) is 0. The lowest BCUT2D eigenvalue weighted by atomic mass is 10.1. The molecule has 5 heteroatoms. The van der Waals surface area contributed by atoms with Crippen molar-refractivity contribution in [3.05, 3.63) is 35.4 Å². The Balaban J connectivity index is 1.57. The van der Waals surface area contributed by atoms with Crippen molar-refractivity contribution in [2.24, 2.45) is 5.92 Å². The molecule has 0 saturated carbocycles. The summed E-state index contributed by atoms with van der Waals surface area (Å²) in [5.41, 5.74) is 0. The first-order valence-electron chi connectivity index (χ1n) is 6.31. The van der Waals surface area contributed by atoms with Crippen molar-refractivity contribution in [3.8, 4) is 10.6 Å². The third kappa shape index (κ3) is 2.88. The monoisotopic (exact) mass is 277 g/mol. The second kappa shape index (κ2) is 5.59. The number of rotatable bonds is 4. The van der Waals surface area contributed by atoms with Gasteiger partial charge in [0.05, 0.1) is 23.9 Å². The number of carbonyl (C=O) groups excluding carboxylic acids is 1. The van der Waals surface area contributed by atoms with Crippen LogP contribution >= 0.6 is 11.3 Å². The summed E-state index contributed by atoms with van der Waals surface area (Å²) in [6.45, 7) is 1.65. The third-order valence-corrected chi connectivity index (χ3v) is 4.05. The van der Waals surface area contributed by atoms with Gasteiger partial charge in [-0.2, -0.15) is 0 Å². The Labute approximate surface area is 115 Å². The third-order valence-electron chi connectivity index (χ3n) is 3.16. The average molecular weight is 277 g/mol. The normalized spacial score (nSPS) is 18.6. The molecule has 0 aliphatic carbocycles. The predicted octanol–water partition coefficient (Wildman–Crippen LogP) is 2.66. The first-order valence-corrected chi connectivity index (χ1v) is 7.19. The highest BCUT2D eigenvalue weighted by molar-refractivity contribution is 7.13. The van der Waals surface area contributed by atoms with Gasteiger partial charge in [-0.1, -0.05) is 6.07 Å². The summed E-state index contributed by atoms with van der Waals surface area (Å²) < 4.78 is 10.9. The molecule has 19 heavy (non-hydrogen) atoms. The van der Waals surface area contributed by atoms with Crippen LogP contribution in [0, 0.1) is 5.92 Å². The molecule has 100 valence electrons. The van der Waals surface area contributed by atoms with E-state index in [0.717, 1.165) is 22.8 Å². The first kappa shape index (κ1) is 12.4. The quantitative estimate of drug-likeness (QED) is 0.934. The minimum atomic E-state index is -0.00766. The summed E-state index contributed by atoms with van der Waals surface area (Å²) in [6.07, 6.45) is 0.810. The van der Waals surface area contributed by atoms with Crippen LogP contribution in [0.2, 0.25) is 0 Å². The highest BCUT2D eigenvalue weighted by atomic mass is 32.1. The maximum Gasteiger partial charge on any atom is 0.225 e. The van der Waals surface area contributed by atoms with E-state index in [1.165, 1.54) is 0 Å². The molecule has 1 atom stereocenters. The number of amides is 1. The molecule has 1 aliphatic rings. The van der Waals surface area contributed by atoms with Gasteiger partial charge in [-0.25, -0.2) is 0 Å². The molecule has 4 nitrogen and oxygen atoms in total. The van der Waals surface area contributed by atoms with Crippen LogP contribution < -0.4 is 5.32 Å². The lowest BCUT2D eigenvalue weighted by molar-refractivity contribution is -0.125. The minimum Gasteiger partial charge on any atom is -0.458 e. The number of nitrogens with one attached hydrogen (secondary N) is 1. The van der Waals surface area contributed by atoms with Crippen molar-refractivity contribution in [3.63, 3.8) is 0 Å². The SMILES string of the molecule is O=C(NCc1ccc(-c2cccs2)o1)C1CCOC1. The van der Waals surface area contributed by atoms with Crippen LogP contribution in [0.3, 0.4) is 0 Å². The highest BCUT2D eigenvalue weighted by Crippen LogP contribution is 2.26. The summed E-state index contributed by atoms with van der Waals surface area (Å²) in [5.74, 6) is 1.66. The molecule has 1 fully saturated rings. The van der Waals surface area contributed by atoms with E-state index in [0.29, 0.717) is 19.8 Å². The van der Waals surface area contributed by atoms with Crippen molar-refractivity contribution >= 4 is 17.2 Å². The zero-order valence-corrected chi connectivity index (χ0v) is 11.2. The average Bonchev–Trinajstić information content (AvgIpc) is 3.14. The number of hydrogen-bond acceptors (Lipinski definition) is 4. The molecule has 1 aliphatic heterocycles. The Bertz CT molecular complexity index is 541. The van der Waals surface area contributed by atoms with Gasteiger partial charge in [0.2, 0.25) is 5.91 Å². The van der Waals surface area contributed by atoms with Crippen molar-refractivity contribution in [2.75, 3.05) is 13.2 Å². The van der Waals surface area contributed by atoms with Gasteiger partial charge in [0.15, 0.2) is 0 Å². The fraction of sp³-hybridized carbons (Fsp3) is 0.357. The van der Waals surface area contributed by atoms with Crippen molar-refractivity contribution in [1.82, 2.24) is 5.32 Å². The van der Waals surface area contributed by atoms with Gasteiger partial charge >= 0.3 is 0 Å². The molecule has 0 aromatic carbocycles. The maximum absolute atomic E-state index is 11.8. The molecule has 1 N–H and O–H groups in total. The van der Waals surface area contributed by atoms with Gasteiger partial charge in [-0.3, -0.25) is 4.79 Å². The number of thiophene rings is 1. The van der Waals surface area contributed by atoms with E-state index in [9.17, 15) is 4.79 Å². The van der Waals surface area contributed by atoms with Gasteiger partial charge in [0, 0.05) is 6.61 Å². The number of carbonyl (C=O) groups is 1. The fourth-order valence-corrected chi connectivity index (χ4v) is 2.77. The van der Waals surface area contributed by atoms with Crippen LogP contribution in [0.5, 0.6) is 0 Å². The highest BCUT2D eigenvalue weighted by Gasteiger charge is 2.23. The summed E-state index contributed by atoms with van der Waals surface area (Å²) in [5, 5.41) is 4.90. The topological polar surface area (TPSA) is 51.5 Å². The van der Waals surface area contributed by atoms with Crippen molar-refractivity contribution < 1.29 is 13.9 Å². The first-order chi connectivity index (χ1) is 9.33. The second-order valence-electron chi connectivity index (χ2n) is 4.52. The van der Waals surface area contributed by atoms with Gasteiger partial charge in [0.25, 0.3) is 0 Å². The zero-order valence-electron chi connectivity index (χ0n) is 10.4. The smallest absolute Gasteiger partial charge is 0.225 e.